The van der Waals surface area contributed by atoms with Crippen molar-refractivity contribution in [3.8, 4) is 0 Å². The maximum atomic E-state index is 12.1. The van der Waals surface area contributed by atoms with E-state index in [4.69, 9.17) is 5.73 Å². The Morgan fingerprint density at radius 1 is 1.48 bits per heavy atom. The van der Waals surface area contributed by atoms with E-state index in [9.17, 15) is 4.79 Å². The van der Waals surface area contributed by atoms with Gasteiger partial charge in [-0.2, -0.15) is 0 Å². The van der Waals surface area contributed by atoms with E-state index in [0.29, 0.717) is 23.8 Å². The Bertz CT molecular complexity index is 474. The van der Waals surface area contributed by atoms with Crippen molar-refractivity contribution in [2.24, 2.45) is 0 Å². The molecule has 21 heavy (non-hydrogen) atoms. The number of anilines is 1. The van der Waals surface area contributed by atoms with Crippen molar-refractivity contribution in [2.45, 2.75) is 25.8 Å². The Kier molecular flexibility index (Phi) is 9.29. The minimum atomic E-state index is -0.0899. The molecule has 0 radical (unpaired) electrons. The predicted molar refractivity (Wildman–Crippen MR) is 95.7 cm³/mol. The molecule has 1 unspecified atom stereocenters. The van der Waals surface area contributed by atoms with E-state index in [1.807, 2.05) is 6.07 Å². The Morgan fingerprint density at radius 3 is 2.81 bits per heavy atom. The molecule has 2 rings (SSSR count). The van der Waals surface area contributed by atoms with E-state index >= 15 is 0 Å². The van der Waals surface area contributed by atoms with E-state index in [0.717, 1.165) is 24.0 Å². The third-order valence-electron chi connectivity index (χ3n) is 3.66. The van der Waals surface area contributed by atoms with Crippen molar-refractivity contribution in [3.63, 3.8) is 0 Å². The van der Waals surface area contributed by atoms with Crippen LogP contribution in [0.3, 0.4) is 0 Å². The van der Waals surface area contributed by atoms with Crippen LogP contribution in [-0.2, 0) is 0 Å². The molecule has 0 bridgehead atoms. The fourth-order valence-corrected chi connectivity index (χ4v) is 2.97. The van der Waals surface area contributed by atoms with E-state index in [2.05, 4.69) is 33.1 Å². The van der Waals surface area contributed by atoms with Crippen LogP contribution in [0.2, 0.25) is 0 Å². The summed E-state index contributed by atoms with van der Waals surface area (Å²) in [5.41, 5.74) is 6.91. The van der Waals surface area contributed by atoms with Crippen molar-refractivity contribution in [3.05, 3.63) is 28.2 Å². The number of hydrogen-bond donors (Lipinski definition) is 2. The highest BCUT2D eigenvalue weighted by atomic mass is 79.9. The standard InChI is InChI=1S/C14H20BrN3O.2ClH/c1-2-18-7-3-4-11(18)9-17-14(19)12-6-5-10(15)8-13(12)16;;/h5-6,8,11H,2-4,7,9,16H2,1H3,(H,17,19);2*1H. The number of rotatable bonds is 4. The molecule has 1 amide bonds. The van der Waals surface area contributed by atoms with Crippen molar-refractivity contribution in [2.75, 3.05) is 25.4 Å². The highest BCUT2D eigenvalue weighted by molar-refractivity contribution is 9.10. The number of hydrogen-bond acceptors (Lipinski definition) is 3. The summed E-state index contributed by atoms with van der Waals surface area (Å²) in [4.78, 5) is 14.5. The number of carbonyl (C=O) groups is 1. The Balaban J connectivity index is 0.00000200. The van der Waals surface area contributed by atoms with Crippen LogP contribution in [0.15, 0.2) is 22.7 Å². The first-order valence-electron chi connectivity index (χ1n) is 6.69. The molecule has 1 fully saturated rings. The number of nitrogens with one attached hydrogen (secondary N) is 1. The van der Waals surface area contributed by atoms with Gasteiger partial charge in [0.25, 0.3) is 5.91 Å². The van der Waals surface area contributed by atoms with Gasteiger partial charge in [0.1, 0.15) is 0 Å². The summed E-state index contributed by atoms with van der Waals surface area (Å²) in [6, 6.07) is 5.80. The molecule has 0 aliphatic carbocycles. The van der Waals surface area contributed by atoms with Crippen molar-refractivity contribution in [1.82, 2.24) is 10.2 Å². The number of nitrogen functional groups attached to an aromatic ring is 1. The minimum absolute atomic E-state index is 0. The molecule has 1 aromatic carbocycles. The van der Waals surface area contributed by atoms with Gasteiger partial charge in [-0.05, 0) is 44.1 Å². The fraction of sp³-hybridized carbons (Fsp3) is 0.500. The van der Waals surface area contributed by atoms with Crippen molar-refractivity contribution in [1.29, 1.82) is 0 Å². The number of nitrogens with zero attached hydrogens (tertiary/aromatic N) is 1. The number of carbonyl (C=O) groups excluding carboxylic acids is 1. The summed E-state index contributed by atoms with van der Waals surface area (Å²) in [5, 5.41) is 2.99. The number of benzene rings is 1. The zero-order valence-electron chi connectivity index (χ0n) is 12.0. The Labute approximate surface area is 146 Å². The van der Waals surface area contributed by atoms with Gasteiger partial charge < -0.3 is 11.1 Å². The highest BCUT2D eigenvalue weighted by Gasteiger charge is 2.23. The summed E-state index contributed by atoms with van der Waals surface area (Å²) in [5.74, 6) is -0.0899. The Morgan fingerprint density at radius 2 is 2.19 bits per heavy atom. The smallest absolute Gasteiger partial charge is 0.253 e. The number of likely N-dealkylation sites (N-methyl/N-ethyl adjacent to an activating group) is 1. The van der Waals surface area contributed by atoms with E-state index in [-0.39, 0.29) is 30.7 Å². The van der Waals surface area contributed by atoms with Gasteiger partial charge in [0.05, 0.1) is 5.56 Å². The van der Waals surface area contributed by atoms with Crippen LogP contribution in [0.25, 0.3) is 0 Å². The van der Waals surface area contributed by atoms with Gasteiger partial charge in [0, 0.05) is 22.7 Å². The number of halogens is 3. The first-order valence-corrected chi connectivity index (χ1v) is 7.48. The van der Waals surface area contributed by atoms with E-state index in [1.54, 1.807) is 12.1 Å². The molecule has 120 valence electrons. The molecule has 7 heteroatoms. The average Bonchev–Trinajstić information content (AvgIpc) is 2.83. The maximum absolute atomic E-state index is 12.1. The monoisotopic (exact) mass is 397 g/mol. The third-order valence-corrected chi connectivity index (χ3v) is 4.15. The zero-order valence-corrected chi connectivity index (χ0v) is 15.2. The van der Waals surface area contributed by atoms with Crippen LogP contribution in [0.4, 0.5) is 5.69 Å². The number of nitrogens with two attached hydrogens (primary N) is 1. The lowest BCUT2D eigenvalue weighted by Gasteiger charge is -2.23. The first kappa shape index (κ1) is 20.5. The molecule has 1 aliphatic rings. The summed E-state index contributed by atoms with van der Waals surface area (Å²) in [7, 11) is 0. The molecular weight excluding hydrogens is 377 g/mol. The van der Waals surface area contributed by atoms with Gasteiger partial charge in [-0.25, -0.2) is 0 Å². The molecule has 0 saturated carbocycles. The lowest BCUT2D eigenvalue weighted by Crippen LogP contribution is -2.40. The normalized spacial score (nSPS) is 17.7. The topological polar surface area (TPSA) is 58.4 Å². The van der Waals surface area contributed by atoms with Crippen LogP contribution in [-0.4, -0.2) is 36.5 Å². The van der Waals surface area contributed by atoms with Gasteiger partial charge >= 0.3 is 0 Å². The third kappa shape index (κ3) is 5.33. The summed E-state index contributed by atoms with van der Waals surface area (Å²) in [6.07, 6.45) is 2.37. The molecule has 1 atom stereocenters. The van der Waals surface area contributed by atoms with Gasteiger partial charge in [0.15, 0.2) is 0 Å². The molecular formula is C14H22BrCl2N3O. The van der Waals surface area contributed by atoms with Gasteiger partial charge in [0.2, 0.25) is 0 Å². The SMILES string of the molecule is CCN1CCCC1CNC(=O)c1ccc(Br)cc1N.Cl.Cl. The second-order valence-corrected chi connectivity index (χ2v) is 5.78. The molecule has 0 aromatic heterocycles. The van der Waals surface area contributed by atoms with Crippen LogP contribution in [0, 0.1) is 0 Å². The average molecular weight is 399 g/mol. The van der Waals surface area contributed by atoms with Gasteiger partial charge in [-0.3, -0.25) is 9.69 Å². The van der Waals surface area contributed by atoms with Crippen molar-refractivity contribution < 1.29 is 4.79 Å². The number of amides is 1. The minimum Gasteiger partial charge on any atom is -0.398 e. The summed E-state index contributed by atoms with van der Waals surface area (Å²) >= 11 is 3.34. The van der Waals surface area contributed by atoms with Crippen molar-refractivity contribution >= 4 is 52.3 Å². The molecule has 1 aromatic rings. The molecule has 3 N–H and O–H groups in total. The summed E-state index contributed by atoms with van der Waals surface area (Å²) in [6.45, 7) is 5.04. The van der Waals surface area contributed by atoms with Crippen LogP contribution in [0.1, 0.15) is 30.1 Å². The molecule has 4 nitrogen and oxygen atoms in total. The van der Waals surface area contributed by atoms with Gasteiger partial charge in [-0.1, -0.05) is 22.9 Å². The van der Waals surface area contributed by atoms with Crippen LogP contribution >= 0.6 is 40.7 Å². The second kappa shape index (κ2) is 9.51. The molecule has 1 saturated heterocycles. The predicted octanol–water partition coefficient (Wildman–Crippen LogP) is 3.09. The molecule has 1 heterocycles. The van der Waals surface area contributed by atoms with Gasteiger partial charge in [-0.15, -0.1) is 24.8 Å². The summed E-state index contributed by atoms with van der Waals surface area (Å²) < 4.78 is 0.884. The lowest BCUT2D eigenvalue weighted by atomic mass is 10.1. The Hall–Kier alpha value is -0.490. The fourth-order valence-electron chi connectivity index (χ4n) is 2.59. The molecule has 1 aliphatic heterocycles. The second-order valence-electron chi connectivity index (χ2n) is 4.87. The highest BCUT2D eigenvalue weighted by Crippen LogP contribution is 2.19. The first-order chi connectivity index (χ1) is 9.11. The largest absolute Gasteiger partial charge is 0.398 e. The van der Waals surface area contributed by atoms with E-state index < -0.39 is 0 Å². The van der Waals surface area contributed by atoms with Crippen LogP contribution < -0.4 is 11.1 Å². The zero-order chi connectivity index (χ0) is 13.8. The van der Waals surface area contributed by atoms with Crippen LogP contribution in [0.5, 0.6) is 0 Å². The molecule has 0 spiro atoms. The van der Waals surface area contributed by atoms with E-state index in [1.165, 1.54) is 6.42 Å². The quantitative estimate of drug-likeness (QED) is 0.766. The maximum Gasteiger partial charge on any atom is 0.253 e. The number of likely N-dealkylation sites (tertiary alicyclic amines) is 1. The lowest BCUT2D eigenvalue weighted by molar-refractivity contribution is 0.0942.